The van der Waals surface area contributed by atoms with Gasteiger partial charge in [-0.1, -0.05) is 6.07 Å². The smallest absolute Gasteiger partial charge is 0.325 e. The van der Waals surface area contributed by atoms with Gasteiger partial charge in [0.05, 0.1) is 17.9 Å². The van der Waals surface area contributed by atoms with Crippen molar-refractivity contribution in [2.45, 2.75) is 26.8 Å². The van der Waals surface area contributed by atoms with E-state index in [1.165, 1.54) is 23.1 Å². The molecule has 20 heavy (non-hydrogen) atoms. The molecule has 0 radical (unpaired) electrons. The number of amides is 1. The number of halogens is 1. The van der Waals surface area contributed by atoms with Gasteiger partial charge in [-0.25, -0.2) is 4.39 Å². The van der Waals surface area contributed by atoms with Crippen molar-refractivity contribution in [2.75, 3.05) is 18.9 Å². The molecule has 0 heterocycles. The van der Waals surface area contributed by atoms with E-state index in [-0.39, 0.29) is 30.4 Å². The van der Waals surface area contributed by atoms with E-state index >= 15 is 0 Å². The standard InChI is InChI=1S/C14H19FN2O3/c1-4-20-12(18)8-17(9(2)3)14(19)10-6-5-7-11(15)13(10)16/h5-7,9H,4,8,16H2,1-3H3. The lowest BCUT2D eigenvalue weighted by atomic mass is 10.1. The van der Waals surface area contributed by atoms with Crippen LogP contribution in [0.2, 0.25) is 0 Å². The Bertz CT molecular complexity index is 503. The second-order valence-corrected chi connectivity index (χ2v) is 4.53. The van der Waals surface area contributed by atoms with Gasteiger partial charge in [-0.05, 0) is 32.9 Å². The summed E-state index contributed by atoms with van der Waals surface area (Å²) in [5, 5.41) is 0. The molecule has 0 aliphatic heterocycles. The Labute approximate surface area is 117 Å². The van der Waals surface area contributed by atoms with Crippen LogP contribution in [0.5, 0.6) is 0 Å². The van der Waals surface area contributed by atoms with E-state index in [2.05, 4.69) is 0 Å². The fourth-order valence-electron chi connectivity index (χ4n) is 1.71. The fourth-order valence-corrected chi connectivity index (χ4v) is 1.71. The van der Waals surface area contributed by atoms with Crippen LogP contribution in [-0.4, -0.2) is 36.0 Å². The Kier molecular flexibility index (Phi) is 5.49. The van der Waals surface area contributed by atoms with Crippen molar-refractivity contribution in [2.24, 2.45) is 0 Å². The highest BCUT2D eigenvalue weighted by atomic mass is 19.1. The highest BCUT2D eigenvalue weighted by Gasteiger charge is 2.24. The Morgan fingerprint density at radius 1 is 1.40 bits per heavy atom. The van der Waals surface area contributed by atoms with E-state index in [0.717, 1.165) is 0 Å². The van der Waals surface area contributed by atoms with Crippen molar-refractivity contribution in [3.8, 4) is 0 Å². The van der Waals surface area contributed by atoms with Gasteiger partial charge in [0, 0.05) is 6.04 Å². The van der Waals surface area contributed by atoms with Crippen LogP contribution in [0.15, 0.2) is 18.2 Å². The van der Waals surface area contributed by atoms with E-state index in [1.807, 2.05) is 0 Å². The molecule has 0 saturated heterocycles. The summed E-state index contributed by atoms with van der Waals surface area (Å²) in [7, 11) is 0. The van der Waals surface area contributed by atoms with Crippen molar-refractivity contribution < 1.29 is 18.7 Å². The van der Waals surface area contributed by atoms with Gasteiger partial charge < -0.3 is 15.4 Å². The first-order valence-electron chi connectivity index (χ1n) is 6.39. The summed E-state index contributed by atoms with van der Waals surface area (Å²) in [6, 6.07) is 3.77. The third-order valence-electron chi connectivity index (χ3n) is 2.77. The van der Waals surface area contributed by atoms with Gasteiger partial charge in [-0.15, -0.1) is 0 Å². The molecular formula is C14H19FN2O3. The normalized spacial score (nSPS) is 10.4. The Hall–Kier alpha value is -2.11. The maximum Gasteiger partial charge on any atom is 0.325 e. The van der Waals surface area contributed by atoms with Crippen LogP contribution < -0.4 is 5.73 Å². The van der Waals surface area contributed by atoms with Gasteiger partial charge in [-0.3, -0.25) is 9.59 Å². The first kappa shape index (κ1) is 15.9. The summed E-state index contributed by atoms with van der Waals surface area (Å²) in [6.45, 7) is 5.24. The number of ether oxygens (including phenoxy) is 1. The molecular weight excluding hydrogens is 263 g/mol. The third-order valence-corrected chi connectivity index (χ3v) is 2.77. The number of para-hydroxylation sites is 1. The van der Waals surface area contributed by atoms with Crippen molar-refractivity contribution >= 4 is 17.6 Å². The minimum absolute atomic E-state index is 0.0444. The van der Waals surface area contributed by atoms with Crippen LogP contribution in [0.4, 0.5) is 10.1 Å². The number of carbonyl (C=O) groups excluding carboxylic acids is 2. The molecule has 5 nitrogen and oxygen atoms in total. The quantitative estimate of drug-likeness (QED) is 0.660. The molecule has 1 amide bonds. The van der Waals surface area contributed by atoms with Gasteiger partial charge in [0.1, 0.15) is 12.4 Å². The van der Waals surface area contributed by atoms with Crippen LogP contribution in [0.25, 0.3) is 0 Å². The third kappa shape index (κ3) is 3.69. The molecule has 0 atom stereocenters. The fraction of sp³-hybridized carbons (Fsp3) is 0.429. The molecule has 0 aromatic heterocycles. The Morgan fingerprint density at radius 2 is 2.05 bits per heavy atom. The number of anilines is 1. The zero-order chi connectivity index (χ0) is 15.3. The van der Waals surface area contributed by atoms with Gasteiger partial charge in [0.25, 0.3) is 5.91 Å². The van der Waals surface area contributed by atoms with Gasteiger partial charge >= 0.3 is 5.97 Å². The number of hydrogen-bond donors (Lipinski definition) is 1. The Morgan fingerprint density at radius 3 is 2.60 bits per heavy atom. The van der Waals surface area contributed by atoms with E-state index in [0.29, 0.717) is 0 Å². The molecule has 0 aliphatic carbocycles. The lowest BCUT2D eigenvalue weighted by molar-refractivity contribution is -0.144. The molecule has 1 aromatic carbocycles. The number of esters is 1. The molecule has 1 rings (SSSR count). The second kappa shape index (κ2) is 6.88. The number of nitrogens with two attached hydrogens (primary N) is 1. The zero-order valence-electron chi connectivity index (χ0n) is 11.9. The SMILES string of the molecule is CCOC(=O)CN(C(=O)c1cccc(F)c1N)C(C)C. The molecule has 0 aliphatic rings. The first-order valence-corrected chi connectivity index (χ1v) is 6.39. The number of hydrogen-bond acceptors (Lipinski definition) is 4. The largest absolute Gasteiger partial charge is 0.465 e. The Balaban J connectivity index is 3.00. The molecule has 110 valence electrons. The number of nitrogen functional groups attached to an aromatic ring is 1. The monoisotopic (exact) mass is 282 g/mol. The molecule has 2 N–H and O–H groups in total. The van der Waals surface area contributed by atoms with Crippen molar-refractivity contribution in [3.05, 3.63) is 29.6 Å². The zero-order valence-corrected chi connectivity index (χ0v) is 11.9. The first-order chi connectivity index (χ1) is 9.38. The number of carbonyl (C=O) groups is 2. The van der Waals surface area contributed by atoms with E-state index in [4.69, 9.17) is 10.5 Å². The molecule has 1 aromatic rings. The van der Waals surface area contributed by atoms with Crippen molar-refractivity contribution in [3.63, 3.8) is 0 Å². The van der Waals surface area contributed by atoms with Gasteiger partial charge in [-0.2, -0.15) is 0 Å². The minimum Gasteiger partial charge on any atom is -0.465 e. The predicted molar refractivity (Wildman–Crippen MR) is 73.6 cm³/mol. The molecule has 6 heteroatoms. The van der Waals surface area contributed by atoms with E-state index in [1.54, 1.807) is 20.8 Å². The van der Waals surface area contributed by atoms with Crippen LogP contribution in [0.3, 0.4) is 0 Å². The van der Waals surface area contributed by atoms with Gasteiger partial charge in [0.15, 0.2) is 0 Å². The van der Waals surface area contributed by atoms with E-state index in [9.17, 15) is 14.0 Å². The topological polar surface area (TPSA) is 72.6 Å². The van der Waals surface area contributed by atoms with Gasteiger partial charge in [0.2, 0.25) is 0 Å². The lowest BCUT2D eigenvalue weighted by Crippen LogP contribution is -2.41. The summed E-state index contributed by atoms with van der Waals surface area (Å²) in [4.78, 5) is 25.2. The average molecular weight is 282 g/mol. The maximum atomic E-state index is 13.4. The lowest BCUT2D eigenvalue weighted by Gasteiger charge is -2.26. The van der Waals surface area contributed by atoms with Crippen LogP contribution >= 0.6 is 0 Å². The number of rotatable bonds is 5. The van der Waals surface area contributed by atoms with Crippen LogP contribution in [0.1, 0.15) is 31.1 Å². The molecule has 0 unspecified atom stereocenters. The maximum absolute atomic E-state index is 13.4. The molecule has 0 saturated carbocycles. The van der Waals surface area contributed by atoms with Crippen molar-refractivity contribution in [1.29, 1.82) is 0 Å². The van der Waals surface area contributed by atoms with Crippen LogP contribution in [-0.2, 0) is 9.53 Å². The summed E-state index contributed by atoms with van der Waals surface area (Å²) >= 11 is 0. The number of nitrogens with zero attached hydrogens (tertiary/aromatic N) is 1. The predicted octanol–water partition coefficient (Wildman–Crippen LogP) is 1.82. The van der Waals surface area contributed by atoms with E-state index < -0.39 is 17.7 Å². The number of benzene rings is 1. The highest BCUT2D eigenvalue weighted by molar-refractivity contribution is 6.00. The molecule has 0 bridgehead atoms. The summed E-state index contributed by atoms with van der Waals surface area (Å²) in [5.74, 6) is -1.66. The highest BCUT2D eigenvalue weighted by Crippen LogP contribution is 2.19. The summed E-state index contributed by atoms with van der Waals surface area (Å²) < 4.78 is 18.2. The summed E-state index contributed by atoms with van der Waals surface area (Å²) in [6.07, 6.45) is 0. The summed E-state index contributed by atoms with van der Waals surface area (Å²) in [5.41, 5.74) is 5.40. The van der Waals surface area contributed by atoms with Crippen molar-refractivity contribution in [1.82, 2.24) is 4.90 Å². The molecule has 0 spiro atoms. The average Bonchev–Trinajstić information content (AvgIpc) is 2.38. The van der Waals surface area contributed by atoms with Crippen LogP contribution in [0, 0.1) is 5.82 Å². The second-order valence-electron chi connectivity index (χ2n) is 4.53. The minimum atomic E-state index is -0.657. The molecule has 0 fully saturated rings.